The number of unbranched alkanes of at least 4 members (excludes halogenated alkanes) is 1. The fourth-order valence-electron chi connectivity index (χ4n) is 3.80. The number of hydrogen-bond acceptors (Lipinski definition) is 1. The second kappa shape index (κ2) is 11.3. The molecule has 1 saturated carbocycles. The Morgan fingerprint density at radius 3 is 2.38 bits per heavy atom. The molecule has 2 atom stereocenters. The number of benzene rings is 1. The third kappa shape index (κ3) is 6.19. The van der Waals surface area contributed by atoms with Crippen molar-refractivity contribution in [1.29, 1.82) is 0 Å². The highest BCUT2D eigenvalue weighted by Gasteiger charge is 2.17. The molecule has 2 rings (SSSR count). The lowest BCUT2D eigenvalue weighted by Crippen LogP contribution is -2.14. The van der Waals surface area contributed by atoms with E-state index in [-0.39, 0.29) is 6.10 Å². The van der Waals surface area contributed by atoms with Crippen LogP contribution in [-0.4, -0.2) is 11.9 Å². The van der Waals surface area contributed by atoms with Gasteiger partial charge in [-0.15, -0.1) is 0 Å². The molecule has 1 aliphatic rings. The van der Waals surface area contributed by atoms with Crippen molar-refractivity contribution in [2.45, 2.75) is 83.7 Å². The minimum Gasteiger partial charge on any atom is -0.372 e. The van der Waals surface area contributed by atoms with Gasteiger partial charge in [0.05, 0.1) is 12.7 Å². The molecule has 136 valence electrons. The number of alkyl halides is 1. The van der Waals surface area contributed by atoms with Crippen molar-refractivity contribution in [2.75, 3.05) is 11.9 Å². The lowest BCUT2D eigenvalue weighted by atomic mass is 9.84. The van der Waals surface area contributed by atoms with Crippen molar-refractivity contribution < 1.29 is 4.74 Å². The summed E-state index contributed by atoms with van der Waals surface area (Å²) in [5.74, 6) is 1.49. The summed E-state index contributed by atoms with van der Waals surface area (Å²) in [6, 6.07) is 9.28. The predicted octanol–water partition coefficient (Wildman–Crippen LogP) is 7.40. The second-order valence-corrected chi connectivity index (χ2v) is 8.04. The molecule has 0 heterocycles. The van der Waals surface area contributed by atoms with Crippen LogP contribution in [0.3, 0.4) is 0 Å². The summed E-state index contributed by atoms with van der Waals surface area (Å²) >= 11 is 3.65. The molecule has 1 fully saturated rings. The van der Waals surface area contributed by atoms with Crippen LogP contribution in [0, 0.1) is 5.92 Å². The van der Waals surface area contributed by atoms with Gasteiger partial charge in [0.15, 0.2) is 0 Å². The number of halogens is 1. The van der Waals surface area contributed by atoms with Crippen LogP contribution in [-0.2, 0) is 4.74 Å². The third-order valence-electron chi connectivity index (χ3n) is 5.60. The SMILES string of the molecule is CCCCC(CC)COC(CBr)c1ccc(C2CCCCC2)cc1. The Hall–Kier alpha value is -0.340. The molecular weight excluding hydrogens is 360 g/mol. The Morgan fingerprint density at radius 1 is 1.08 bits per heavy atom. The van der Waals surface area contributed by atoms with E-state index in [0.717, 1.165) is 17.9 Å². The Morgan fingerprint density at radius 2 is 1.79 bits per heavy atom. The van der Waals surface area contributed by atoms with Gasteiger partial charge in [-0.25, -0.2) is 0 Å². The monoisotopic (exact) mass is 394 g/mol. The van der Waals surface area contributed by atoms with Crippen molar-refractivity contribution in [1.82, 2.24) is 0 Å². The molecule has 0 spiro atoms. The Labute approximate surface area is 157 Å². The second-order valence-electron chi connectivity index (χ2n) is 7.39. The molecule has 0 aromatic heterocycles. The molecule has 0 bridgehead atoms. The van der Waals surface area contributed by atoms with E-state index >= 15 is 0 Å². The first-order chi connectivity index (χ1) is 11.8. The molecule has 1 aromatic carbocycles. The Bertz CT molecular complexity index is 436. The van der Waals surface area contributed by atoms with Gasteiger partial charge in [-0.2, -0.15) is 0 Å². The summed E-state index contributed by atoms with van der Waals surface area (Å²) in [7, 11) is 0. The molecule has 0 radical (unpaired) electrons. The number of hydrogen-bond donors (Lipinski definition) is 0. The van der Waals surface area contributed by atoms with Crippen LogP contribution in [0.4, 0.5) is 0 Å². The maximum Gasteiger partial charge on any atom is 0.0921 e. The maximum absolute atomic E-state index is 6.27. The molecule has 0 N–H and O–H groups in total. The maximum atomic E-state index is 6.27. The molecule has 24 heavy (non-hydrogen) atoms. The molecule has 1 nitrogen and oxygen atoms in total. The highest BCUT2D eigenvalue weighted by atomic mass is 79.9. The fourth-order valence-corrected chi connectivity index (χ4v) is 4.36. The molecular formula is C22H35BrO. The first kappa shape index (κ1) is 20.0. The summed E-state index contributed by atoms with van der Waals surface area (Å²) in [6.07, 6.45) is 12.2. The highest BCUT2D eigenvalue weighted by Crippen LogP contribution is 2.33. The largest absolute Gasteiger partial charge is 0.372 e. The topological polar surface area (TPSA) is 9.23 Å². The van der Waals surface area contributed by atoms with Crippen molar-refractivity contribution in [3.05, 3.63) is 35.4 Å². The molecule has 0 amide bonds. The zero-order valence-electron chi connectivity index (χ0n) is 15.6. The molecule has 0 aliphatic heterocycles. The summed E-state index contributed by atoms with van der Waals surface area (Å²) in [4.78, 5) is 0. The summed E-state index contributed by atoms with van der Waals surface area (Å²) in [5, 5.41) is 0.875. The molecule has 2 heteroatoms. The van der Waals surface area contributed by atoms with E-state index in [1.54, 1.807) is 0 Å². The quantitative estimate of drug-likeness (QED) is 0.375. The smallest absolute Gasteiger partial charge is 0.0921 e. The summed E-state index contributed by atoms with van der Waals surface area (Å²) in [6.45, 7) is 5.44. The molecule has 1 aliphatic carbocycles. The molecule has 0 saturated heterocycles. The zero-order chi connectivity index (χ0) is 17.2. The first-order valence-corrected chi connectivity index (χ1v) is 11.2. The van der Waals surface area contributed by atoms with Crippen LogP contribution < -0.4 is 0 Å². The minimum absolute atomic E-state index is 0.182. The minimum atomic E-state index is 0.182. The predicted molar refractivity (Wildman–Crippen MR) is 108 cm³/mol. The fraction of sp³-hybridized carbons (Fsp3) is 0.727. The van der Waals surface area contributed by atoms with Gasteiger partial charge in [-0.1, -0.05) is 92.6 Å². The van der Waals surface area contributed by atoms with Crippen molar-refractivity contribution in [2.24, 2.45) is 5.92 Å². The van der Waals surface area contributed by atoms with E-state index in [1.807, 2.05) is 0 Å². The van der Waals surface area contributed by atoms with E-state index < -0.39 is 0 Å². The van der Waals surface area contributed by atoms with Gasteiger partial charge in [0.1, 0.15) is 0 Å². The number of ether oxygens (including phenoxy) is 1. The van der Waals surface area contributed by atoms with Gasteiger partial charge in [-0.05, 0) is 42.2 Å². The van der Waals surface area contributed by atoms with E-state index in [4.69, 9.17) is 4.74 Å². The zero-order valence-corrected chi connectivity index (χ0v) is 17.2. The lowest BCUT2D eigenvalue weighted by Gasteiger charge is -2.23. The van der Waals surface area contributed by atoms with Gasteiger partial charge >= 0.3 is 0 Å². The van der Waals surface area contributed by atoms with E-state index in [9.17, 15) is 0 Å². The average molecular weight is 395 g/mol. The summed E-state index contributed by atoms with van der Waals surface area (Å²) in [5.41, 5.74) is 2.85. The first-order valence-electron chi connectivity index (χ1n) is 10.1. The van der Waals surface area contributed by atoms with Crippen molar-refractivity contribution >= 4 is 15.9 Å². The van der Waals surface area contributed by atoms with Crippen LogP contribution in [0.5, 0.6) is 0 Å². The van der Waals surface area contributed by atoms with Gasteiger partial charge in [0.25, 0.3) is 0 Å². The normalized spacial score (nSPS) is 18.5. The van der Waals surface area contributed by atoms with Gasteiger partial charge < -0.3 is 4.74 Å². The standard InChI is InChI=1S/C22H35BrO/c1-3-5-9-18(4-2)17-24-22(16-23)21-14-12-20(13-15-21)19-10-7-6-8-11-19/h12-15,18-19,22H,3-11,16-17H2,1-2H3. The Balaban J connectivity index is 1.89. The van der Waals surface area contributed by atoms with Crippen LogP contribution in [0.25, 0.3) is 0 Å². The molecule has 2 unspecified atom stereocenters. The number of rotatable bonds is 10. The van der Waals surface area contributed by atoms with Crippen LogP contribution in [0.1, 0.15) is 94.8 Å². The van der Waals surface area contributed by atoms with E-state index in [2.05, 4.69) is 54.0 Å². The van der Waals surface area contributed by atoms with Crippen molar-refractivity contribution in [3.63, 3.8) is 0 Å². The molecule has 1 aromatic rings. The average Bonchev–Trinajstić information content (AvgIpc) is 2.66. The van der Waals surface area contributed by atoms with E-state index in [1.165, 1.54) is 68.9 Å². The van der Waals surface area contributed by atoms with E-state index in [0.29, 0.717) is 5.92 Å². The van der Waals surface area contributed by atoms with Gasteiger partial charge in [-0.3, -0.25) is 0 Å². The summed E-state index contributed by atoms with van der Waals surface area (Å²) < 4.78 is 6.27. The van der Waals surface area contributed by atoms with Crippen LogP contribution >= 0.6 is 15.9 Å². The van der Waals surface area contributed by atoms with Crippen LogP contribution in [0.2, 0.25) is 0 Å². The van der Waals surface area contributed by atoms with Gasteiger partial charge in [0, 0.05) is 5.33 Å². The van der Waals surface area contributed by atoms with Crippen LogP contribution in [0.15, 0.2) is 24.3 Å². The van der Waals surface area contributed by atoms with Gasteiger partial charge in [0.2, 0.25) is 0 Å². The van der Waals surface area contributed by atoms with Crippen molar-refractivity contribution in [3.8, 4) is 0 Å². The Kier molecular flexibility index (Phi) is 9.41. The highest BCUT2D eigenvalue weighted by molar-refractivity contribution is 9.09. The lowest BCUT2D eigenvalue weighted by molar-refractivity contribution is 0.0393. The third-order valence-corrected chi connectivity index (χ3v) is 6.19.